The lowest BCUT2D eigenvalue weighted by atomic mass is 10.2. The Hall–Kier alpha value is -2.84. The highest BCUT2D eigenvalue weighted by molar-refractivity contribution is 6.04. The van der Waals surface area contributed by atoms with E-state index in [4.69, 9.17) is 5.73 Å². The van der Waals surface area contributed by atoms with E-state index in [0.29, 0.717) is 11.4 Å². The van der Waals surface area contributed by atoms with E-state index in [2.05, 4.69) is 22.1 Å². The van der Waals surface area contributed by atoms with E-state index in [1.54, 1.807) is 25.1 Å². The normalized spacial score (nSPS) is 9.62. The number of aromatic nitrogens is 1. The highest BCUT2D eigenvalue weighted by Gasteiger charge is 2.10. The maximum absolute atomic E-state index is 12.1. The van der Waals surface area contributed by atoms with E-state index in [9.17, 15) is 9.59 Å². The van der Waals surface area contributed by atoms with Gasteiger partial charge in [0.05, 0.1) is 6.54 Å². The van der Waals surface area contributed by atoms with E-state index < -0.39 is 5.91 Å². The lowest BCUT2D eigenvalue weighted by Crippen LogP contribution is -2.21. The monoisotopic (exact) mass is 281 g/mol. The standard InChI is InChI=1S/C16H15N3O2/c1-11-8-15(20)14(10-18-11)16(21)19-13-6-2-4-12(9-13)5-3-7-17/h2,4,6,8-10H,7,17H2,1H3,(H,18,20)(H,19,21). The van der Waals surface area contributed by atoms with Gasteiger partial charge in [0, 0.05) is 29.2 Å². The van der Waals surface area contributed by atoms with Crippen molar-refractivity contribution in [1.29, 1.82) is 0 Å². The average molecular weight is 281 g/mol. The molecule has 0 aliphatic heterocycles. The summed E-state index contributed by atoms with van der Waals surface area (Å²) in [4.78, 5) is 26.7. The Balaban J connectivity index is 2.21. The lowest BCUT2D eigenvalue weighted by Gasteiger charge is -2.05. The molecule has 1 aromatic carbocycles. The number of nitrogens with one attached hydrogen (secondary N) is 2. The third kappa shape index (κ3) is 3.81. The summed E-state index contributed by atoms with van der Waals surface area (Å²) in [6, 6.07) is 8.43. The minimum absolute atomic E-state index is 0.0686. The fourth-order valence-corrected chi connectivity index (χ4v) is 1.78. The van der Waals surface area contributed by atoms with Crippen LogP contribution in [0.1, 0.15) is 21.6 Å². The highest BCUT2D eigenvalue weighted by atomic mass is 16.2. The third-order valence-electron chi connectivity index (χ3n) is 2.76. The third-order valence-corrected chi connectivity index (χ3v) is 2.76. The summed E-state index contributed by atoms with van der Waals surface area (Å²) in [6.07, 6.45) is 1.41. The van der Waals surface area contributed by atoms with Crippen LogP contribution in [-0.4, -0.2) is 17.4 Å². The Morgan fingerprint density at radius 1 is 1.38 bits per heavy atom. The molecule has 2 rings (SSSR count). The lowest BCUT2D eigenvalue weighted by molar-refractivity contribution is 0.102. The Morgan fingerprint density at radius 3 is 2.90 bits per heavy atom. The van der Waals surface area contributed by atoms with Crippen molar-refractivity contribution in [3.8, 4) is 11.8 Å². The van der Waals surface area contributed by atoms with Crippen LogP contribution >= 0.6 is 0 Å². The van der Waals surface area contributed by atoms with Crippen LogP contribution in [0.25, 0.3) is 0 Å². The molecular weight excluding hydrogens is 266 g/mol. The summed E-state index contributed by atoms with van der Waals surface area (Å²) in [6.45, 7) is 2.03. The molecule has 0 fully saturated rings. The van der Waals surface area contributed by atoms with E-state index in [0.717, 1.165) is 5.56 Å². The molecule has 2 aromatic rings. The van der Waals surface area contributed by atoms with Crippen LogP contribution in [0.15, 0.2) is 41.3 Å². The number of nitrogens with two attached hydrogens (primary N) is 1. The molecule has 5 heteroatoms. The minimum atomic E-state index is -0.458. The van der Waals surface area contributed by atoms with Gasteiger partial charge < -0.3 is 16.0 Å². The molecule has 0 aliphatic rings. The number of carbonyl (C=O) groups excluding carboxylic acids is 1. The zero-order chi connectivity index (χ0) is 15.2. The Labute approximate surface area is 122 Å². The van der Waals surface area contributed by atoms with Gasteiger partial charge in [-0.1, -0.05) is 17.9 Å². The van der Waals surface area contributed by atoms with Crippen molar-refractivity contribution in [3.05, 3.63) is 63.6 Å². The van der Waals surface area contributed by atoms with Gasteiger partial charge in [-0.3, -0.25) is 9.59 Å². The molecule has 0 bridgehead atoms. The zero-order valence-corrected chi connectivity index (χ0v) is 11.6. The van der Waals surface area contributed by atoms with Crippen LogP contribution in [-0.2, 0) is 0 Å². The number of anilines is 1. The summed E-state index contributed by atoms with van der Waals surface area (Å²) in [5.41, 5.74) is 7.09. The van der Waals surface area contributed by atoms with E-state index in [1.165, 1.54) is 12.3 Å². The summed E-state index contributed by atoms with van der Waals surface area (Å²) >= 11 is 0. The average Bonchev–Trinajstić information content (AvgIpc) is 2.45. The topological polar surface area (TPSA) is 88.0 Å². The molecule has 0 saturated heterocycles. The SMILES string of the molecule is Cc1cc(=O)c(C(=O)Nc2cccc(C#CCN)c2)c[nH]1. The quantitative estimate of drug-likeness (QED) is 0.724. The van der Waals surface area contributed by atoms with Crippen molar-refractivity contribution in [2.24, 2.45) is 5.73 Å². The number of benzene rings is 1. The van der Waals surface area contributed by atoms with Crippen LogP contribution in [0.5, 0.6) is 0 Å². The molecule has 0 spiro atoms. The van der Waals surface area contributed by atoms with Gasteiger partial charge in [-0.25, -0.2) is 0 Å². The molecule has 0 aliphatic carbocycles. The van der Waals surface area contributed by atoms with E-state index in [-0.39, 0.29) is 17.5 Å². The Bertz CT molecular complexity index is 782. The number of aromatic amines is 1. The summed E-state index contributed by atoms with van der Waals surface area (Å²) < 4.78 is 0. The number of pyridine rings is 1. The maximum atomic E-state index is 12.1. The molecule has 0 unspecified atom stereocenters. The van der Waals surface area contributed by atoms with Crippen LogP contribution < -0.4 is 16.5 Å². The first-order valence-corrected chi connectivity index (χ1v) is 6.40. The molecule has 1 amide bonds. The van der Waals surface area contributed by atoms with Crippen molar-refractivity contribution in [1.82, 2.24) is 4.98 Å². The number of rotatable bonds is 2. The van der Waals surface area contributed by atoms with Crippen LogP contribution in [0, 0.1) is 18.8 Å². The van der Waals surface area contributed by atoms with Crippen molar-refractivity contribution < 1.29 is 4.79 Å². The van der Waals surface area contributed by atoms with Crippen LogP contribution in [0.4, 0.5) is 5.69 Å². The Morgan fingerprint density at radius 2 is 2.19 bits per heavy atom. The fraction of sp³-hybridized carbons (Fsp3) is 0.125. The zero-order valence-electron chi connectivity index (χ0n) is 11.6. The van der Waals surface area contributed by atoms with Crippen molar-refractivity contribution in [3.63, 3.8) is 0 Å². The molecule has 21 heavy (non-hydrogen) atoms. The largest absolute Gasteiger partial charge is 0.364 e. The number of aryl methyl sites for hydroxylation is 1. The van der Waals surface area contributed by atoms with Crippen molar-refractivity contribution in [2.45, 2.75) is 6.92 Å². The molecule has 0 atom stereocenters. The van der Waals surface area contributed by atoms with Gasteiger partial charge in [-0.05, 0) is 25.1 Å². The molecule has 1 heterocycles. The summed E-state index contributed by atoms with van der Waals surface area (Å²) in [5, 5.41) is 2.68. The predicted molar refractivity (Wildman–Crippen MR) is 82.1 cm³/mol. The van der Waals surface area contributed by atoms with Crippen molar-refractivity contribution in [2.75, 3.05) is 11.9 Å². The molecule has 4 N–H and O–H groups in total. The van der Waals surface area contributed by atoms with Gasteiger partial charge in [-0.15, -0.1) is 0 Å². The first-order valence-electron chi connectivity index (χ1n) is 6.40. The first kappa shape index (κ1) is 14.6. The number of hydrogen-bond acceptors (Lipinski definition) is 3. The van der Waals surface area contributed by atoms with Crippen LogP contribution in [0.2, 0.25) is 0 Å². The second kappa shape index (κ2) is 6.55. The molecular formula is C16H15N3O2. The number of amides is 1. The van der Waals surface area contributed by atoms with Gasteiger partial charge in [0.25, 0.3) is 5.91 Å². The van der Waals surface area contributed by atoms with Gasteiger partial charge in [0.1, 0.15) is 5.56 Å². The fourth-order valence-electron chi connectivity index (χ4n) is 1.78. The van der Waals surface area contributed by atoms with Gasteiger partial charge in [0.15, 0.2) is 5.43 Å². The Kier molecular flexibility index (Phi) is 4.54. The highest BCUT2D eigenvalue weighted by Crippen LogP contribution is 2.10. The van der Waals surface area contributed by atoms with Crippen molar-refractivity contribution >= 4 is 11.6 Å². The number of carbonyl (C=O) groups is 1. The molecule has 106 valence electrons. The van der Waals surface area contributed by atoms with E-state index >= 15 is 0 Å². The summed E-state index contributed by atoms with van der Waals surface area (Å²) in [7, 11) is 0. The number of hydrogen-bond donors (Lipinski definition) is 3. The second-order valence-electron chi connectivity index (χ2n) is 4.43. The number of H-pyrrole nitrogens is 1. The minimum Gasteiger partial charge on any atom is -0.364 e. The van der Waals surface area contributed by atoms with Gasteiger partial charge in [-0.2, -0.15) is 0 Å². The molecule has 5 nitrogen and oxygen atoms in total. The molecule has 0 saturated carbocycles. The predicted octanol–water partition coefficient (Wildman–Crippen LogP) is 1.25. The first-order chi connectivity index (χ1) is 10.1. The van der Waals surface area contributed by atoms with E-state index in [1.807, 2.05) is 6.07 Å². The summed E-state index contributed by atoms with van der Waals surface area (Å²) in [5.74, 6) is 5.17. The maximum Gasteiger partial charge on any atom is 0.261 e. The van der Waals surface area contributed by atoms with Gasteiger partial charge >= 0.3 is 0 Å². The smallest absolute Gasteiger partial charge is 0.261 e. The molecule has 0 radical (unpaired) electrons. The van der Waals surface area contributed by atoms with Crippen LogP contribution in [0.3, 0.4) is 0 Å². The van der Waals surface area contributed by atoms with Gasteiger partial charge in [0.2, 0.25) is 0 Å². The molecule has 1 aromatic heterocycles. The second-order valence-corrected chi connectivity index (χ2v) is 4.43.